The minimum atomic E-state index is -0.286. The Morgan fingerprint density at radius 2 is 1.92 bits per heavy atom. The van der Waals surface area contributed by atoms with Crippen molar-refractivity contribution < 1.29 is 13.9 Å². The Morgan fingerprint density at radius 3 is 2.65 bits per heavy atom. The molecule has 6 heteroatoms. The van der Waals surface area contributed by atoms with Crippen LogP contribution in [0.15, 0.2) is 54.6 Å². The summed E-state index contributed by atoms with van der Waals surface area (Å²) in [5, 5.41) is 4.63. The third-order valence-electron chi connectivity index (χ3n) is 4.40. The van der Waals surface area contributed by atoms with Crippen molar-refractivity contribution in [2.24, 2.45) is 0 Å². The molecule has 0 aliphatic carbocycles. The summed E-state index contributed by atoms with van der Waals surface area (Å²) in [5.41, 5.74) is 1.17. The maximum absolute atomic E-state index is 13.0. The fourth-order valence-corrected chi connectivity index (χ4v) is 3.06. The van der Waals surface area contributed by atoms with E-state index in [0.717, 1.165) is 18.9 Å². The predicted molar refractivity (Wildman–Crippen MR) is 94.5 cm³/mol. The highest BCUT2D eigenvalue weighted by Gasteiger charge is 2.24. The highest BCUT2D eigenvalue weighted by atomic mass is 19.1. The quantitative estimate of drug-likeness (QED) is 0.680. The Morgan fingerprint density at radius 1 is 1.12 bits per heavy atom. The fourth-order valence-electron chi connectivity index (χ4n) is 3.06. The third kappa shape index (κ3) is 3.91. The Hall–Kier alpha value is -2.73. The van der Waals surface area contributed by atoms with Gasteiger partial charge in [0.2, 0.25) is 0 Å². The lowest BCUT2D eigenvalue weighted by atomic mass is 10.1. The largest absolute Gasteiger partial charge is 0.486 e. The van der Waals surface area contributed by atoms with Crippen LogP contribution < -0.4 is 4.74 Å². The molecule has 4 rings (SSSR count). The number of rotatable bonds is 6. The van der Waals surface area contributed by atoms with Gasteiger partial charge in [-0.15, -0.1) is 0 Å². The van der Waals surface area contributed by atoms with E-state index in [2.05, 4.69) is 17.2 Å². The van der Waals surface area contributed by atoms with Crippen molar-refractivity contribution in [2.45, 2.75) is 25.5 Å². The van der Waals surface area contributed by atoms with Crippen LogP contribution in [0, 0.1) is 5.82 Å². The molecule has 1 unspecified atom stereocenters. The Bertz CT molecular complexity index is 843. The van der Waals surface area contributed by atoms with E-state index in [1.165, 1.54) is 17.7 Å². The summed E-state index contributed by atoms with van der Waals surface area (Å²) in [6.07, 6.45) is 0.950. The molecule has 1 atom stereocenters. The topological polar surface area (TPSA) is 49.2 Å². The highest BCUT2D eigenvalue weighted by Crippen LogP contribution is 2.24. The molecule has 0 bridgehead atoms. The lowest BCUT2D eigenvalue weighted by Crippen LogP contribution is -2.11. The molecule has 1 aliphatic rings. The zero-order valence-electron chi connectivity index (χ0n) is 14.3. The summed E-state index contributed by atoms with van der Waals surface area (Å²) in [6.45, 7) is 2.33. The standard InChI is InChI=1S/C20H20FN3O2/c21-17-6-8-18(9-7-17)26-14-19-22-20(16-10-11-25-13-16)24(23-19)12-15-4-2-1-3-5-15/h1-9,16H,10-14H2. The second-order valence-electron chi connectivity index (χ2n) is 6.33. The predicted octanol–water partition coefficient (Wildman–Crippen LogP) is 3.55. The number of aromatic nitrogens is 3. The van der Waals surface area contributed by atoms with Crippen LogP contribution in [0.5, 0.6) is 5.75 Å². The third-order valence-corrected chi connectivity index (χ3v) is 4.40. The number of halogens is 1. The molecule has 3 aromatic rings. The van der Waals surface area contributed by atoms with Crippen LogP contribution in [-0.2, 0) is 17.9 Å². The van der Waals surface area contributed by atoms with Gasteiger partial charge in [-0.05, 0) is 36.2 Å². The molecular weight excluding hydrogens is 333 g/mol. The summed E-state index contributed by atoms with van der Waals surface area (Å²) < 4.78 is 26.1. The zero-order valence-corrected chi connectivity index (χ0v) is 14.3. The molecule has 0 N–H and O–H groups in total. The molecule has 1 aliphatic heterocycles. The van der Waals surface area contributed by atoms with Crippen LogP contribution in [0.4, 0.5) is 4.39 Å². The van der Waals surface area contributed by atoms with Gasteiger partial charge in [0.15, 0.2) is 5.82 Å². The van der Waals surface area contributed by atoms with Crippen LogP contribution >= 0.6 is 0 Å². The van der Waals surface area contributed by atoms with Gasteiger partial charge in [0, 0.05) is 12.5 Å². The first-order valence-corrected chi connectivity index (χ1v) is 8.71. The molecule has 2 heterocycles. The van der Waals surface area contributed by atoms with E-state index in [9.17, 15) is 4.39 Å². The van der Waals surface area contributed by atoms with Gasteiger partial charge in [0.25, 0.3) is 0 Å². The summed E-state index contributed by atoms with van der Waals surface area (Å²) in [5.74, 6) is 2.12. The van der Waals surface area contributed by atoms with E-state index < -0.39 is 0 Å². The van der Waals surface area contributed by atoms with Crippen molar-refractivity contribution in [2.75, 3.05) is 13.2 Å². The average Bonchev–Trinajstić information content (AvgIpc) is 3.32. The lowest BCUT2D eigenvalue weighted by Gasteiger charge is -2.09. The Labute approximate surface area is 151 Å². The molecule has 134 valence electrons. The lowest BCUT2D eigenvalue weighted by molar-refractivity contribution is 0.192. The van der Waals surface area contributed by atoms with Gasteiger partial charge in [0.05, 0.1) is 13.2 Å². The fraction of sp³-hybridized carbons (Fsp3) is 0.300. The van der Waals surface area contributed by atoms with Crippen LogP contribution in [0.2, 0.25) is 0 Å². The first-order chi connectivity index (χ1) is 12.8. The monoisotopic (exact) mass is 353 g/mol. The molecule has 0 saturated carbocycles. The van der Waals surface area contributed by atoms with Gasteiger partial charge in [-0.25, -0.2) is 14.1 Å². The second kappa shape index (κ2) is 7.66. The van der Waals surface area contributed by atoms with E-state index in [-0.39, 0.29) is 18.3 Å². The van der Waals surface area contributed by atoms with Gasteiger partial charge in [-0.1, -0.05) is 30.3 Å². The van der Waals surface area contributed by atoms with E-state index in [1.807, 2.05) is 22.9 Å². The van der Waals surface area contributed by atoms with Crippen molar-refractivity contribution in [3.63, 3.8) is 0 Å². The maximum atomic E-state index is 13.0. The highest BCUT2D eigenvalue weighted by molar-refractivity contribution is 5.22. The minimum absolute atomic E-state index is 0.244. The Balaban J connectivity index is 1.53. The smallest absolute Gasteiger partial charge is 0.188 e. The molecule has 1 fully saturated rings. The summed E-state index contributed by atoms with van der Waals surface area (Å²) in [6, 6.07) is 16.1. The zero-order chi connectivity index (χ0) is 17.8. The van der Waals surface area contributed by atoms with Crippen LogP contribution in [-0.4, -0.2) is 28.0 Å². The van der Waals surface area contributed by atoms with E-state index >= 15 is 0 Å². The molecule has 5 nitrogen and oxygen atoms in total. The molecule has 1 saturated heterocycles. The van der Waals surface area contributed by atoms with Crippen molar-refractivity contribution in [3.8, 4) is 5.75 Å². The average molecular weight is 353 g/mol. The number of hydrogen-bond donors (Lipinski definition) is 0. The maximum Gasteiger partial charge on any atom is 0.188 e. The van der Waals surface area contributed by atoms with E-state index in [0.29, 0.717) is 24.7 Å². The van der Waals surface area contributed by atoms with Crippen molar-refractivity contribution in [1.29, 1.82) is 0 Å². The van der Waals surface area contributed by atoms with Crippen LogP contribution in [0.1, 0.15) is 29.6 Å². The SMILES string of the molecule is Fc1ccc(OCc2nc(C3CCOC3)n(Cc3ccccc3)n2)cc1. The van der Waals surface area contributed by atoms with E-state index in [1.54, 1.807) is 12.1 Å². The number of benzene rings is 2. The number of ether oxygens (including phenoxy) is 2. The molecule has 0 radical (unpaired) electrons. The normalized spacial score (nSPS) is 16.7. The first kappa shape index (κ1) is 16.7. The minimum Gasteiger partial charge on any atom is -0.486 e. The van der Waals surface area contributed by atoms with Gasteiger partial charge < -0.3 is 9.47 Å². The van der Waals surface area contributed by atoms with Crippen molar-refractivity contribution in [3.05, 3.63) is 77.6 Å². The van der Waals surface area contributed by atoms with Gasteiger partial charge in [0.1, 0.15) is 24.0 Å². The molecular formula is C20H20FN3O2. The van der Waals surface area contributed by atoms with Gasteiger partial charge >= 0.3 is 0 Å². The summed E-state index contributed by atoms with van der Waals surface area (Å²) >= 11 is 0. The van der Waals surface area contributed by atoms with Gasteiger partial charge in [-0.3, -0.25) is 0 Å². The number of nitrogens with zero attached hydrogens (tertiary/aromatic N) is 3. The van der Waals surface area contributed by atoms with Crippen molar-refractivity contribution >= 4 is 0 Å². The molecule has 2 aromatic carbocycles. The summed E-state index contributed by atoms with van der Waals surface area (Å²) in [4.78, 5) is 4.69. The van der Waals surface area contributed by atoms with Crippen LogP contribution in [0.25, 0.3) is 0 Å². The molecule has 26 heavy (non-hydrogen) atoms. The Kier molecular flexibility index (Phi) is 4.93. The molecule has 0 spiro atoms. The van der Waals surface area contributed by atoms with Gasteiger partial charge in [-0.2, -0.15) is 5.10 Å². The van der Waals surface area contributed by atoms with Crippen molar-refractivity contribution in [1.82, 2.24) is 14.8 Å². The second-order valence-corrected chi connectivity index (χ2v) is 6.33. The van der Waals surface area contributed by atoms with E-state index in [4.69, 9.17) is 14.5 Å². The number of hydrogen-bond acceptors (Lipinski definition) is 4. The summed E-state index contributed by atoms with van der Waals surface area (Å²) in [7, 11) is 0. The molecule has 1 aromatic heterocycles. The van der Waals surface area contributed by atoms with Crippen LogP contribution in [0.3, 0.4) is 0 Å². The molecule has 0 amide bonds. The first-order valence-electron chi connectivity index (χ1n) is 8.71.